The van der Waals surface area contributed by atoms with Crippen molar-refractivity contribution in [2.75, 3.05) is 33.7 Å². The monoisotopic (exact) mass is 333 g/mol. The fraction of sp³-hybridized carbons (Fsp3) is 0.632. The van der Waals surface area contributed by atoms with Crippen LogP contribution in [0.3, 0.4) is 0 Å². The van der Waals surface area contributed by atoms with E-state index in [1.54, 1.807) is 0 Å². The van der Waals surface area contributed by atoms with Crippen LogP contribution < -0.4 is 5.32 Å². The number of benzene rings is 1. The van der Waals surface area contributed by atoms with E-state index in [-0.39, 0.29) is 11.9 Å². The molecule has 1 heterocycles. The fourth-order valence-corrected chi connectivity index (χ4v) is 3.31. The lowest BCUT2D eigenvalue weighted by atomic mass is 10.00. The van der Waals surface area contributed by atoms with Gasteiger partial charge in [0.25, 0.3) is 0 Å². The predicted octanol–water partition coefficient (Wildman–Crippen LogP) is 1.25. The lowest BCUT2D eigenvalue weighted by Gasteiger charge is -2.30. The quantitative estimate of drug-likeness (QED) is 0.752. The highest BCUT2D eigenvalue weighted by molar-refractivity contribution is 5.81. The van der Waals surface area contributed by atoms with Gasteiger partial charge in [0.05, 0.1) is 12.1 Å². The van der Waals surface area contributed by atoms with Gasteiger partial charge in [0.15, 0.2) is 0 Å². The number of carbonyl (C=O) groups is 1. The summed E-state index contributed by atoms with van der Waals surface area (Å²) in [5.74, 6) is 0.00453. The van der Waals surface area contributed by atoms with Crippen LogP contribution in [0.2, 0.25) is 0 Å². The number of carbonyl (C=O) groups excluding carboxylic acids is 1. The van der Waals surface area contributed by atoms with Crippen molar-refractivity contribution in [2.24, 2.45) is 0 Å². The smallest absolute Gasteiger partial charge is 0.237 e. The van der Waals surface area contributed by atoms with Crippen LogP contribution in [0.5, 0.6) is 0 Å². The van der Waals surface area contributed by atoms with E-state index in [9.17, 15) is 9.90 Å². The van der Waals surface area contributed by atoms with Gasteiger partial charge in [0, 0.05) is 26.2 Å². The van der Waals surface area contributed by atoms with Gasteiger partial charge in [0.1, 0.15) is 0 Å². The van der Waals surface area contributed by atoms with Gasteiger partial charge in [-0.2, -0.15) is 0 Å². The summed E-state index contributed by atoms with van der Waals surface area (Å²) in [5.41, 5.74) is 2.75. The minimum Gasteiger partial charge on any atom is -0.390 e. The molecular formula is C19H31N3O2. The molecule has 0 aliphatic carbocycles. The molecule has 0 saturated carbocycles. The summed E-state index contributed by atoms with van der Waals surface area (Å²) in [6.07, 6.45) is 2.28. The second-order valence-electron chi connectivity index (χ2n) is 6.92. The Morgan fingerprint density at radius 1 is 1.33 bits per heavy atom. The molecule has 0 saturated heterocycles. The topological polar surface area (TPSA) is 55.8 Å². The summed E-state index contributed by atoms with van der Waals surface area (Å²) in [5, 5.41) is 13.2. The molecule has 2 unspecified atom stereocenters. The highest BCUT2D eigenvalue weighted by atomic mass is 16.3. The van der Waals surface area contributed by atoms with E-state index in [1.807, 2.05) is 19.0 Å². The number of hydrogen-bond acceptors (Lipinski definition) is 4. The van der Waals surface area contributed by atoms with Gasteiger partial charge in [0.2, 0.25) is 5.91 Å². The second kappa shape index (κ2) is 9.16. The highest BCUT2D eigenvalue weighted by Gasteiger charge is 2.22. The van der Waals surface area contributed by atoms with Crippen LogP contribution in [0.25, 0.3) is 0 Å². The minimum atomic E-state index is -0.538. The summed E-state index contributed by atoms with van der Waals surface area (Å²) >= 11 is 0. The summed E-state index contributed by atoms with van der Waals surface area (Å²) < 4.78 is 0. The van der Waals surface area contributed by atoms with E-state index in [4.69, 9.17) is 0 Å². The third kappa shape index (κ3) is 5.30. The molecule has 5 heteroatoms. The van der Waals surface area contributed by atoms with Crippen molar-refractivity contribution in [3.8, 4) is 0 Å². The second-order valence-corrected chi connectivity index (χ2v) is 6.92. The van der Waals surface area contributed by atoms with Crippen LogP contribution in [0, 0.1) is 0 Å². The van der Waals surface area contributed by atoms with Crippen molar-refractivity contribution in [1.29, 1.82) is 0 Å². The number of aliphatic hydroxyl groups excluding tert-OH is 1. The standard InChI is InChI=1S/C19H31N3O2/c1-4-7-18(21(2)3)19(24)20-12-17(23)14-22-11-10-15-8-5-6-9-16(15)13-22/h5-6,8-9,17-18,23H,4,7,10-14H2,1-3H3,(H,20,24). The largest absolute Gasteiger partial charge is 0.390 e. The molecule has 2 N–H and O–H groups in total. The Kier molecular flexibility index (Phi) is 7.21. The Balaban J connectivity index is 1.77. The van der Waals surface area contributed by atoms with Gasteiger partial charge in [-0.05, 0) is 38.1 Å². The number of likely N-dealkylation sites (N-methyl/N-ethyl adjacent to an activating group) is 1. The number of hydrogen-bond donors (Lipinski definition) is 2. The van der Waals surface area contributed by atoms with E-state index in [1.165, 1.54) is 11.1 Å². The molecule has 1 aliphatic rings. The third-order valence-corrected chi connectivity index (χ3v) is 4.68. The summed E-state index contributed by atoms with van der Waals surface area (Å²) in [4.78, 5) is 16.5. The van der Waals surface area contributed by atoms with Crippen molar-refractivity contribution in [1.82, 2.24) is 15.1 Å². The Morgan fingerprint density at radius 3 is 2.71 bits per heavy atom. The van der Waals surface area contributed by atoms with Gasteiger partial charge >= 0.3 is 0 Å². The Morgan fingerprint density at radius 2 is 2.04 bits per heavy atom. The molecule has 24 heavy (non-hydrogen) atoms. The summed E-state index contributed by atoms with van der Waals surface area (Å²) in [7, 11) is 3.84. The molecule has 1 aromatic rings. The number of rotatable bonds is 8. The maximum Gasteiger partial charge on any atom is 0.237 e. The summed E-state index contributed by atoms with van der Waals surface area (Å²) in [6, 6.07) is 8.36. The Bertz CT molecular complexity index is 533. The molecule has 0 spiro atoms. The van der Waals surface area contributed by atoms with Gasteiger partial charge in [-0.1, -0.05) is 37.6 Å². The minimum absolute atomic E-state index is 0.00453. The highest BCUT2D eigenvalue weighted by Crippen LogP contribution is 2.18. The molecule has 0 fully saturated rings. The average Bonchev–Trinajstić information content (AvgIpc) is 2.57. The molecule has 2 rings (SSSR count). The van der Waals surface area contributed by atoms with Crippen LogP contribution in [0.1, 0.15) is 30.9 Å². The first-order valence-electron chi connectivity index (χ1n) is 8.92. The first kappa shape index (κ1) is 18.9. The van der Waals surface area contributed by atoms with E-state index in [0.717, 1.165) is 32.4 Å². The van der Waals surface area contributed by atoms with Crippen molar-refractivity contribution >= 4 is 5.91 Å². The number of nitrogens with zero attached hydrogens (tertiary/aromatic N) is 2. The van der Waals surface area contributed by atoms with E-state index in [0.29, 0.717) is 13.1 Å². The zero-order chi connectivity index (χ0) is 17.5. The maximum atomic E-state index is 12.3. The van der Waals surface area contributed by atoms with Gasteiger partial charge in [-0.15, -0.1) is 0 Å². The van der Waals surface area contributed by atoms with E-state index < -0.39 is 6.10 Å². The van der Waals surface area contributed by atoms with Gasteiger partial charge in [-0.25, -0.2) is 0 Å². The number of β-amino-alcohol motifs (C(OH)–C–C–N with tert-alkyl or cyclic N) is 1. The number of amides is 1. The van der Waals surface area contributed by atoms with E-state index in [2.05, 4.69) is 41.4 Å². The van der Waals surface area contributed by atoms with Crippen molar-refractivity contribution in [3.05, 3.63) is 35.4 Å². The number of aliphatic hydroxyl groups is 1. The van der Waals surface area contributed by atoms with Crippen molar-refractivity contribution < 1.29 is 9.90 Å². The molecule has 1 aromatic carbocycles. The SMILES string of the molecule is CCCC(C(=O)NCC(O)CN1CCc2ccccc2C1)N(C)C. The zero-order valence-electron chi connectivity index (χ0n) is 15.2. The normalized spacial score (nSPS) is 17.4. The first-order valence-corrected chi connectivity index (χ1v) is 8.92. The van der Waals surface area contributed by atoms with Crippen LogP contribution in [-0.4, -0.2) is 66.7 Å². The van der Waals surface area contributed by atoms with Gasteiger partial charge in [-0.3, -0.25) is 14.6 Å². The molecule has 0 aromatic heterocycles. The molecule has 2 atom stereocenters. The first-order chi connectivity index (χ1) is 11.5. The number of fused-ring (bicyclic) bond motifs is 1. The Labute approximate surface area is 145 Å². The van der Waals surface area contributed by atoms with Crippen molar-refractivity contribution in [2.45, 2.75) is 44.9 Å². The maximum absolute atomic E-state index is 12.3. The average molecular weight is 333 g/mol. The van der Waals surface area contributed by atoms with E-state index >= 15 is 0 Å². The fourth-order valence-electron chi connectivity index (χ4n) is 3.31. The summed E-state index contributed by atoms with van der Waals surface area (Å²) in [6.45, 7) is 4.81. The Hall–Kier alpha value is -1.43. The van der Waals surface area contributed by atoms with Crippen LogP contribution in [-0.2, 0) is 17.8 Å². The molecular weight excluding hydrogens is 302 g/mol. The molecule has 1 aliphatic heterocycles. The molecule has 5 nitrogen and oxygen atoms in total. The third-order valence-electron chi connectivity index (χ3n) is 4.68. The van der Waals surface area contributed by atoms with Crippen LogP contribution >= 0.6 is 0 Å². The molecule has 1 amide bonds. The molecule has 0 bridgehead atoms. The zero-order valence-corrected chi connectivity index (χ0v) is 15.2. The lowest BCUT2D eigenvalue weighted by molar-refractivity contribution is -0.126. The van der Waals surface area contributed by atoms with Gasteiger partial charge < -0.3 is 10.4 Å². The van der Waals surface area contributed by atoms with Crippen molar-refractivity contribution in [3.63, 3.8) is 0 Å². The molecule has 0 radical (unpaired) electrons. The predicted molar refractivity (Wildman–Crippen MR) is 96.8 cm³/mol. The van der Waals surface area contributed by atoms with Crippen LogP contribution in [0.15, 0.2) is 24.3 Å². The number of nitrogens with one attached hydrogen (secondary N) is 1. The molecule has 134 valence electrons. The lowest BCUT2D eigenvalue weighted by Crippen LogP contribution is -2.47. The van der Waals surface area contributed by atoms with Crippen LogP contribution in [0.4, 0.5) is 0 Å².